The van der Waals surface area contributed by atoms with Crippen LogP contribution in [-0.4, -0.2) is 30.8 Å². The molecule has 0 bridgehead atoms. The van der Waals surface area contributed by atoms with E-state index in [2.05, 4.69) is 16.6 Å². The van der Waals surface area contributed by atoms with E-state index in [1.54, 1.807) is 0 Å². The predicted molar refractivity (Wildman–Crippen MR) is 55.4 cm³/mol. The second-order valence-corrected chi connectivity index (χ2v) is 3.88. The molecule has 0 heterocycles. The van der Waals surface area contributed by atoms with Gasteiger partial charge in [0, 0.05) is 11.6 Å². The first-order valence-corrected chi connectivity index (χ1v) is 4.59. The van der Waals surface area contributed by atoms with Crippen molar-refractivity contribution in [1.82, 2.24) is 5.32 Å². The summed E-state index contributed by atoms with van der Waals surface area (Å²) in [5, 5.41) is 2.60. The lowest BCUT2D eigenvalue weighted by Gasteiger charge is -2.19. The number of hydrogen-bond acceptors (Lipinski definition) is 4. The molecule has 1 N–H and O–H groups in total. The first kappa shape index (κ1) is 13.5. The van der Waals surface area contributed by atoms with Gasteiger partial charge in [-0.05, 0) is 20.8 Å². The van der Waals surface area contributed by atoms with Crippen molar-refractivity contribution >= 4 is 12.1 Å². The standard InChI is InChI=1S/C10H17NO4/c1-5-8(12)14-6-7-15-9(13)11-10(2,3)4/h5H,1,6-7H2,2-4H3,(H,11,13). The summed E-state index contributed by atoms with van der Waals surface area (Å²) in [5.41, 5.74) is -0.338. The first-order chi connectivity index (χ1) is 6.85. The molecule has 0 spiro atoms. The van der Waals surface area contributed by atoms with Gasteiger partial charge in [-0.2, -0.15) is 0 Å². The summed E-state index contributed by atoms with van der Waals surface area (Å²) in [7, 11) is 0. The third-order valence-electron chi connectivity index (χ3n) is 1.20. The molecule has 0 atom stereocenters. The molecule has 0 aromatic carbocycles. The number of rotatable bonds is 4. The maximum atomic E-state index is 11.1. The quantitative estimate of drug-likeness (QED) is 0.435. The van der Waals surface area contributed by atoms with Crippen molar-refractivity contribution in [1.29, 1.82) is 0 Å². The Morgan fingerprint density at radius 1 is 1.27 bits per heavy atom. The highest BCUT2D eigenvalue weighted by atomic mass is 16.6. The normalized spacial score (nSPS) is 10.3. The van der Waals surface area contributed by atoms with Crippen molar-refractivity contribution in [3.8, 4) is 0 Å². The highest BCUT2D eigenvalue weighted by Gasteiger charge is 2.14. The molecule has 15 heavy (non-hydrogen) atoms. The van der Waals surface area contributed by atoms with E-state index in [0.29, 0.717) is 0 Å². The molecule has 5 nitrogen and oxygen atoms in total. The molecule has 1 amide bonds. The maximum Gasteiger partial charge on any atom is 0.407 e. The van der Waals surface area contributed by atoms with E-state index < -0.39 is 12.1 Å². The lowest BCUT2D eigenvalue weighted by atomic mass is 10.1. The molecule has 0 saturated carbocycles. The summed E-state index contributed by atoms with van der Waals surface area (Å²) >= 11 is 0. The summed E-state index contributed by atoms with van der Waals surface area (Å²) < 4.78 is 9.36. The van der Waals surface area contributed by atoms with Crippen LogP contribution in [0.4, 0.5) is 4.79 Å². The van der Waals surface area contributed by atoms with Crippen molar-refractivity contribution in [2.24, 2.45) is 0 Å². The molecule has 86 valence electrons. The third kappa shape index (κ3) is 8.80. The topological polar surface area (TPSA) is 64.6 Å². The van der Waals surface area contributed by atoms with Crippen LogP contribution in [0.1, 0.15) is 20.8 Å². The molecule has 0 fully saturated rings. The van der Waals surface area contributed by atoms with Crippen molar-refractivity contribution in [2.45, 2.75) is 26.3 Å². The molecule has 0 rings (SSSR count). The van der Waals surface area contributed by atoms with Gasteiger partial charge in [0.2, 0.25) is 0 Å². The largest absolute Gasteiger partial charge is 0.459 e. The van der Waals surface area contributed by atoms with E-state index in [4.69, 9.17) is 4.74 Å². The summed E-state index contributed by atoms with van der Waals surface area (Å²) in [6.07, 6.45) is 0.520. The van der Waals surface area contributed by atoms with Gasteiger partial charge in [-0.3, -0.25) is 0 Å². The minimum Gasteiger partial charge on any atom is -0.459 e. The van der Waals surface area contributed by atoms with Crippen LogP contribution in [0.25, 0.3) is 0 Å². The minimum absolute atomic E-state index is 0.0293. The van der Waals surface area contributed by atoms with Crippen LogP contribution in [0.3, 0.4) is 0 Å². The third-order valence-corrected chi connectivity index (χ3v) is 1.20. The number of carbonyl (C=O) groups is 2. The number of esters is 1. The number of nitrogens with one attached hydrogen (secondary N) is 1. The van der Waals surface area contributed by atoms with Crippen molar-refractivity contribution in [3.05, 3.63) is 12.7 Å². The average Bonchev–Trinajstić information content (AvgIpc) is 2.09. The van der Waals surface area contributed by atoms with E-state index in [9.17, 15) is 9.59 Å². The lowest BCUT2D eigenvalue weighted by molar-refractivity contribution is -0.138. The van der Waals surface area contributed by atoms with Crippen molar-refractivity contribution < 1.29 is 19.1 Å². The number of ether oxygens (including phenoxy) is 2. The van der Waals surface area contributed by atoms with E-state index in [1.807, 2.05) is 20.8 Å². The molecule has 0 aliphatic carbocycles. The van der Waals surface area contributed by atoms with Crippen LogP contribution >= 0.6 is 0 Å². The number of amides is 1. The highest BCUT2D eigenvalue weighted by Crippen LogP contribution is 1.98. The second kappa shape index (κ2) is 6.06. The van der Waals surface area contributed by atoms with Crippen LogP contribution < -0.4 is 5.32 Å². The Morgan fingerprint density at radius 3 is 2.27 bits per heavy atom. The van der Waals surface area contributed by atoms with E-state index in [1.165, 1.54) is 0 Å². The highest BCUT2D eigenvalue weighted by molar-refractivity contribution is 5.81. The molecule has 0 aliphatic heterocycles. The zero-order valence-electron chi connectivity index (χ0n) is 9.33. The lowest BCUT2D eigenvalue weighted by Crippen LogP contribution is -2.41. The average molecular weight is 215 g/mol. The fourth-order valence-corrected chi connectivity index (χ4v) is 0.678. The van der Waals surface area contributed by atoms with Crippen molar-refractivity contribution in [3.63, 3.8) is 0 Å². The Bertz CT molecular complexity index is 242. The fraction of sp³-hybridized carbons (Fsp3) is 0.600. The molecule has 0 aliphatic rings. The molecule has 0 aromatic heterocycles. The fourth-order valence-electron chi connectivity index (χ4n) is 0.678. The Hall–Kier alpha value is -1.52. The van der Waals surface area contributed by atoms with Gasteiger partial charge in [0.1, 0.15) is 13.2 Å². The number of hydrogen-bond donors (Lipinski definition) is 1. The number of carbonyl (C=O) groups excluding carboxylic acids is 2. The Labute approximate surface area is 89.4 Å². The summed E-state index contributed by atoms with van der Waals surface area (Å²) in [5.74, 6) is -0.533. The minimum atomic E-state index is -0.533. The van der Waals surface area contributed by atoms with E-state index in [0.717, 1.165) is 6.08 Å². The summed E-state index contributed by atoms with van der Waals surface area (Å²) in [4.78, 5) is 21.7. The van der Waals surface area contributed by atoms with Crippen LogP contribution in [0.5, 0.6) is 0 Å². The first-order valence-electron chi connectivity index (χ1n) is 4.59. The van der Waals surface area contributed by atoms with Gasteiger partial charge in [-0.15, -0.1) is 0 Å². The predicted octanol–water partition coefficient (Wildman–Crippen LogP) is 1.24. The van der Waals surface area contributed by atoms with Gasteiger partial charge in [-0.25, -0.2) is 9.59 Å². The van der Waals surface area contributed by atoms with Crippen LogP contribution in [0, 0.1) is 0 Å². The SMILES string of the molecule is C=CC(=O)OCCOC(=O)NC(C)(C)C. The maximum absolute atomic E-state index is 11.1. The zero-order chi connectivity index (χ0) is 11.9. The zero-order valence-corrected chi connectivity index (χ0v) is 9.33. The molecule has 0 radical (unpaired) electrons. The van der Waals surface area contributed by atoms with Gasteiger partial charge >= 0.3 is 12.1 Å². The Kier molecular flexibility index (Phi) is 5.44. The molecular formula is C10H17NO4. The molecule has 0 unspecified atom stereocenters. The van der Waals surface area contributed by atoms with Crippen molar-refractivity contribution in [2.75, 3.05) is 13.2 Å². The molecule has 5 heteroatoms. The summed E-state index contributed by atoms with van der Waals surface area (Å²) in [6.45, 7) is 8.81. The van der Waals surface area contributed by atoms with Crippen LogP contribution in [-0.2, 0) is 14.3 Å². The molecular weight excluding hydrogens is 198 g/mol. The smallest absolute Gasteiger partial charge is 0.407 e. The Balaban J connectivity index is 3.56. The van der Waals surface area contributed by atoms with Gasteiger partial charge < -0.3 is 14.8 Å². The van der Waals surface area contributed by atoms with E-state index >= 15 is 0 Å². The van der Waals surface area contributed by atoms with Gasteiger partial charge in [0.15, 0.2) is 0 Å². The summed E-state index contributed by atoms with van der Waals surface area (Å²) in [6, 6.07) is 0. The molecule has 0 aromatic rings. The van der Waals surface area contributed by atoms with E-state index in [-0.39, 0.29) is 18.8 Å². The van der Waals surface area contributed by atoms with Gasteiger partial charge in [0.05, 0.1) is 0 Å². The second-order valence-electron chi connectivity index (χ2n) is 3.88. The number of alkyl carbamates (subject to hydrolysis) is 1. The van der Waals surface area contributed by atoms with Gasteiger partial charge in [0.25, 0.3) is 0 Å². The molecule has 0 saturated heterocycles. The van der Waals surface area contributed by atoms with Crippen LogP contribution in [0.15, 0.2) is 12.7 Å². The van der Waals surface area contributed by atoms with Gasteiger partial charge in [-0.1, -0.05) is 6.58 Å². The van der Waals surface area contributed by atoms with Crippen LogP contribution in [0.2, 0.25) is 0 Å². The Morgan fingerprint density at radius 2 is 1.80 bits per heavy atom. The monoisotopic (exact) mass is 215 g/mol.